The highest BCUT2D eigenvalue weighted by molar-refractivity contribution is 6.30. The van der Waals surface area contributed by atoms with Crippen LogP contribution in [0.2, 0.25) is 5.02 Å². The first kappa shape index (κ1) is 14.1. The number of nitrogens with zero attached hydrogens (tertiary/aromatic N) is 2. The van der Waals surface area contributed by atoms with E-state index in [0.717, 1.165) is 5.56 Å². The second kappa shape index (κ2) is 5.50. The summed E-state index contributed by atoms with van der Waals surface area (Å²) in [6.07, 6.45) is 2.36. The molecule has 21 heavy (non-hydrogen) atoms. The highest BCUT2D eigenvalue weighted by Gasteiger charge is 2.39. The largest absolute Gasteiger partial charge is 0.388 e. The fourth-order valence-corrected chi connectivity index (χ4v) is 2.90. The maximum absolute atomic E-state index is 12.2. The standard InChI is InChI=1S/C15H15ClN2O3/c16-12-3-1-2-11(8-12)9-15(20)5-6-18(10-15)14(19)13-4-7-21-17-13/h1-4,7-8,20H,5-6,9-10H2. The zero-order valence-electron chi connectivity index (χ0n) is 11.3. The minimum absolute atomic E-state index is 0.217. The molecule has 5 nitrogen and oxygen atoms in total. The molecule has 0 aliphatic carbocycles. The molecule has 1 saturated heterocycles. The Balaban J connectivity index is 1.69. The van der Waals surface area contributed by atoms with Gasteiger partial charge in [0.25, 0.3) is 5.91 Å². The molecule has 110 valence electrons. The van der Waals surface area contributed by atoms with Crippen LogP contribution in [0.3, 0.4) is 0 Å². The van der Waals surface area contributed by atoms with Gasteiger partial charge in [-0.25, -0.2) is 0 Å². The predicted octanol–water partition coefficient (Wildman–Crippen LogP) is 2.15. The fraction of sp³-hybridized carbons (Fsp3) is 0.333. The number of hydrogen-bond acceptors (Lipinski definition) is 4. The van der Waals surface area contributed by atoms with Crippen LogP contribution in [0, 0.1) is 0 Å². The van der Waals surface area contributed by atoms with E-state index in [-0.39, 0.29) is 18.1 Å². The van der Waals surface area contributed by atoms with Crippen LogP contribution in [0.1, 0.15) is 22.5 Å². The van der Waals surface area contributed by atoms with E-state index in [1.54, 1.807) is 11.0 Å². The number of aliphatic hydroxyl groups is 1. The quantitative estimate of drug-likeness (QED) is 0.943. The number of carbonyl (C=O) groups is 1. The van der Waals surface area contributed by atoms with Gasteiger partial charge in [0, 0.05) is 24.1 Å². The number of halogens is 1. The third-order valence-corrected chi connectivity index (χ3v) is 3.93. The normalized spacial score (nSPS) is 21.7. The van der Waals surface area contributed by atoms with E-state index in [4.69, 9.17) is 11.6 Å². The molecule has 1 amide bonds. The molecule has 2 aromatic rings. The average Bonchev–Trinajstić information content (AvgIpc) is 3.08. The molecule has 1 aromatic carbocycles. The monoisotopic (exact) mass is 306 g/mol. The molecule has 0 bridgehead atoms. The molecule has 0 spiro atoms. The SMILES string of the molecule is O=C(c1ccon1)N1CCC(O)(Cc2cccc(Cl)c2)C1. The van der Waals surface area contributed by atoms with Gasteiger partial charge in [0.2, 0.25) is 0 Å². The topological polar surface area (TPSA) is 66.6 Å². The first-order valence-corrected chi connectivity index (χ1v) is 7.10. The van der Waals surface area contributed by atoms with E-state index in [2.05, 4.69) is 9.68 Å². The summed E-state index contributed by atoms with van der Waals surface area (Å²) >= 11 is 5.96. The molecule has 0 saturated carbocycles. The summed E-state index contributed by atoms with van der Waals surface area (Å²) in [6, 6.07) is 8.93. The molecule has 1 aliphatic heterocycles. The van der Waals surface area contributed by atoms with Gasteiger partial charge in [-0.1, -0.05) is 28.9 Å². The maximum atomic E-state index is 12.2. The highest BCUT2D eigenvalue weighted by Crippen LogP contribution is 2.27. The Bertz CT molecular complexity index is 644. The van der Waals surface area contributed by atoms with Gasteiger partial charge < -0.3 is 14.5 Å². The van der Waals surface area contributed by atoms with Crippen molar-refractivity contribution < 1.29 is 14.4 Å². The van der Waals surface area contributed by atoms with Gasteiger partial charge in [0.05, 0.1) is 12.1 Å². The maximum Gasteiger partial charge on any atom is 0.276 e. The van der Waals surface area contributed by atoms with E-state index in [1.165, 1.54) is 12.3 Å². The van der Waals surface area contributed by atoms with Crippen LogP contribution < -0.4 is 0 Å². The van der Waals surface area contributed by atoms with Gasteiger partial charge in [0.15, 0.2) is 5.69 Å². The van der Waals surface area contributed by atoms with Crippen LogP contribution in [0.15, 0.2) is 41.1 Å². The van der Waals surface area contributed by atoms with Crippen molar-refractivity contribution in [2.75, 3.05) is 13.1 Å². The number of aromatic nitrogens is 1. The summed E-state index contributed by atoms with van der Waals surface area (Å²) in [7, 11) is 0. The minimum atomic E-state index is -0.927. The lowest BCUT2D eigenvalue weighted by molar-refractivity contribution is 0.0442. The Hall–Kier alpha value is -1.85. The predicted molar refractivity (Wildman–Crippen MR) is 77.1 cm³/mol. The zero-order chi connectivity index (χ0) is 14.9. The van der Waals surface area contributed by atoms with E-state index in [0.29, 0.717) is 24.4 Å². The number of amides is 1. The first-order valence-electron chi connectivity index (χ1n) is 6.72. The van der Waals surface area contributed by atoms with E-state index in [9.17, 15) is 9.90 Å². The van der Waals surface area contributed by atoms with Crippen molar-refractivity contribution in [1.82, 2.24) is 10.1 Å². The lowest BCUT2D eigenvalue weighted by atomic mass is 9.94. The molecule has 1 fully saturated rings. The lowest BCUT2D eigenvalue weighted by Crippen LogP contribution is -2.37. The number of β-amino-alcohol motifs (C(OH)–C–C–N with tert-alkyl or cyclic N) is 1. The van der Waals surface area contributed by atoms with Gasteiger partial charge in [-0.3, -0.25) is 4.79 Å². The van der Waals surface area contributed by atoms with Crippen LogP contribution in [0.4, 0.5) is 0 Å². The second-order valence-electron chi connectivity index (χ2n) is 5.39. The number of likely N-dealkylation sites (tertiary alicyclic amines) is 1. The van der Waals surface area contributed by atoms with Crippen molar-refractivity contribution >= 4 is 17.5 Å². The number of hydrogen-bond donors (Lipinski definition) is 1. The van der Waals surface area contributed by atoms with Crippen LogP contribution in [0.25, 0.3) is 0 Å². The lowest BCUT2D eigenvalue weighted by Gasteiger charge is -2.23. The smallest absolute Gasteiger partial charge is 0.276 e. The zero-order valence-corrected chi connectivity index (χ0v) is 12.1. The van der Waals surface area contributed by atoms with Crippen LogP contribution >= 0.6 is 11.6 Å². The van der Waals surface area contributed by atoms with Gasteiger partial charge in [-0.15, -0.1) is 0 Å². The van der Waals surface area contributed by atoms with E-state index < -0.39 is 5.60 Å². The molecule has 0 radical (unpaired) electrons. The van der Waals surface area contributed by atoms with Gasteiger partial charge in [0.1, 0.15) is 6.26 Å². The van der Waals surface area contributed by atoms with E-state index >= 15 is 0 Å². The minimum Gasteiger partial charge on any atom is -0.388 e. The molecule has 6 heteroatoms. The Labute approximate surface area is 127 Å². The van der Waals surface area contributed by atoms with Crippen LogP contribution in [-0.2, 0) is 6.42 Å². The van der Waals surface area contributed by atoms with Crippen molar-refractivity contribution in [2.45, 2.75) is 18.4 Å². The molecule has 1 aliphatic rings. The molecule has 1 atom stereocenters. The summed E-state index contributed by atoms with van der Waals surface area (Å²) in [6.45, 7) is 0.786. The Morgan fingerprint density at radius 2 is 2.33 bits per heavy atom. The number of rotatable bonds is 3. The summed E-state index contributed by atoms with van der Waals surface area (Å²) in [5.74, 6) is -0.217. The summed E-state index contributed by atoms with van der Waals surface area (Å²) in [5.41, 5.74) is 0.298. The van der Waals surface area contributed by atoms with Crippen molar-refractivity contribution in [3.05, 3.63) is 52.9 Å². The molecule has 1 unspecified atom stereocenters. The van der Waals surface area contributed by atoms with Crippen molar-refractivity contribution in [2.24, 2.45) is 0 Å². The van der Waals surface area contributed by atoms with Gasteiger partial charge in [-0.05, 0) is 24.1 Å². The molecule has 3 rings (SSSR count). The summed E-state index contributed by atoms with van der Waals surface area (Å²) in [5, 5.41) is 15.0. The molecule has 1 aromatic heterocycles. The molecule has 1 N–H and O–H groups in total. The average molecular weight is 307 g/mol. The Morgan fingerprint density at radius 3 is 3.05 bits per heavy atom. The highest BCUT2D eigenvalue weighted by atomic mass is 35.5. The molecular weight excluding hydrogens is 292 g/mol. The van der Waals surface area contributed by atoms with Crippen LogP contribution in [-0.4, -0.2) is 39.8 Å². The second-order valence-corrected chi connectivity index (χ2v) is 5.83. The van der Waals surface area contributed by atoms with E-state index in [1.807, 2.05) is 18.2 Å². The summed E-state index contributed by atoms with van der Waals surface area (Å²) in [4.78, 5) is 13.8. The molecule has 2 heterocycles. The molecular formula is C15H15ClN2O3. The van der Waals surface area contributed by atoms with Gasteiger partial charge in [-0.2, -0.15) is 0 Å². The third-order valence-electron chi connectivity index (χ3n) is 3.70. The number of carbonyl (C=O) groups excluding carboxylic acids is 1. The third kappa shape index (κ3) is 3.09. The first-order chi connectivity index (χ1) is 10.1. The Kier molecular flexibility index (Phi) is 3.69. The van der Waals surface area contributed by atoms with Crippen LogP contribution in [0.5, 0.6) is 0 Å². The van der Waals surface area contributed by atoms with Gasteiger partial charge >= 0.3 is 0 Å². The number of benzene rings is 1. The fourth-order valence-electron chi connectivity index (χ4n) is 2.69. The van der Waals surface area contributed by atoms with Crippen molar-refractivity contribution in [3.8, 4) is 0 Å². The Morgan fingerprint density at radius 1 is 1.48 bits per heavy atom. The van der Waals surface area contributed by atoms with Crippen molar-refractivity contribution in [3.63, 3.8) is 0 Å². The van der Waals surface area contributed by atoms with Crippen molar-refractivity contribution in [1.29, 1.82) is 0 Å². The summed E-state index contributed by atoms with van der Waals surface area (Å²) < 4.78 is 4.68.